The van der Waals surface area contributed by atoms with Crippen LogP contribution >= 0.6 is 0 Å². The molecule has 5 aromatic rings. The molecule has 12 nitrogen and oxygen atoms in total. The van der Waals surface area contributed by atoms with Crippen molar-refractivity contribution < 1.29 is 14.3 Å². The normalized spacial score (nSPS) is 15.5. The molecule has 0 spiro atoms. The minimum Gasteiger partial charge on any atom is -0.494 e. The molecule has 1 fully saturated rings. The van der Waals surface area contributed by atoms with Crippen LogP contribution in [0.3, 0.4) is 0 Å². The van der Waals surface area contributed by atoms with Crippen LogP contribution in [-0.4, -0.2) is 86.6 Å². The van der Waals surface area contributed by atoms with Gasteiger partial charge in [-0.15, -0.1) is 0 Å². The average Bonchev–Trinajstić information content (AvgIpc) is 3.53. The molecule has 0 aliphatic carbocycles. The Morgan fingerprint density at radius 2 is 2.11 bits per heavy atom. The maximum absolute atomic E-state index is 13.4. The van der Waals surface area contributed by atoms with Crippen molar-refractivity contribution in [2.45, 2.75) is 6.04 Å². The highest BCUT2D eigenvalue weighted by Crippen LogP contribution is 2.38. The van der Waals surface area contributed by atoms with E-state index in [0.717, 1.165) is 24.3 Å². The maximum Gasteiger partial charge on any atom is 0.272 e. The van der Waals surface area contributed by atoms with Gasteiger partial charge in [0.05, 0.1) is 47.2 Å². The molecule has 38 heavy (non-hydrogen) atoms. The highest BCUT2D eigenvalue weighted by atomic mass is 16.5. The van der Waals surface area contributed by atoms with Gasteiger partial charge in [0.2, 0.25) is 0 Å². The van der Waals surface area contributed by atoms with E-state index in [-0.39, 0.29) is 11.9 Å². The van der Waals surface area contributed by atoms with Crippen LogP contribution in [0, 0.1) is 0 Å². The van der Waals surface area contributed by atoms with Gasteiger partial charge in [-0.05, 0) is 19.2 Å². The Labute approximate surface area is 217 Å². The predicted octanol–water partition coefficient (Wildman–Crippen LogP) is 1.99. The first kappa shape index (κ1) is 22.5. The molecule has 0 saturated carbocycles. The number of likely N-dealkylation sites (tertiary alicyclic amines) is 1. The van der Waals surface area contributed by atoms with E-state index in [4.69, 9.17) is 14.6 Å². The lowest BCUT2D eigenvalue weighted by Gasteiger charge is -2.36. The van der Waals surface area contributed by atoms with Gasteiger partial charge in [0.25, 0.3) is 5.91 Å². The number of hydrogen-bond acceptors (Lipinski definition) is 9. The van der Waals surface area contributed by atoms with Crippen molar-refractivity contribution in [2.24, 2.45) is 0 Å². The summed E-state index contributed by atoms with van der Waals surface area (Å²) in [6.45, 7) is 2.87. The summed E-state index contributed by atoms with van der Waals surface area (Å²) in [5.41, 5.74) is 4.61. The molecule has 0 unspecified atom stereocenters. The second-order valence-corrected chi connectivity index (χ2v) is 9.48. The molecular weight excluding hydrogens is 486 g/mol. The van der Waals surface area contributed by atoms with Gasteiger partial charge in [-0.1, -0.05) is 0 Å². The summed E-state index contributed by atoms with van der Waals surface area (Å²) in [6.07, 6.45) is 6.97. The van der Waals surface area contributed by atoms with Crippen LogP contribution < -0.4 is 20.1 Å². The number of hydrogen-bond donors (Lipinski definition) is 2. The lowest BCUT2D eigenvalue weighted by atomic mass is 10.1. The third-order valence-electron chi connectivity index (χ3n) is 6.92. The van der Waals surface area contributed by atoms with Crippen LogP contribution in [0.25, 0.3) is 33.5 Å². The number of fused-ring (bicyclic) bond motifs is 3. The van der Waals surface area contributed by atoms with Crippen LogP contribution in [0.15, 0.2) is 49.1 Å². The molecule has 192 valence electrons. The van der Waals surface area contributed by atoms with E-state index in [1.807, 2.05) is 37.5 Å². The SMILES string of the molecule is COc1cc2c(cc1-n1nc(C(=O)NC3CN(C)C3)c3cnc(-c4cnn5cccnc45)cc31)OCCN2. The largest absolute Gasteiger partial charge is 0.494 e. The topological polar surface area (TPSA) is 124 Å². The molecule has 12 heteroatoms. The Hall–Kier alpha value is -4.71. The summed E-state index contributed by atoms with van der Waals surface area (Å²) < 4.78 is 15.1. The molecule has 6 heterocycles. The molecule has 1 aromatic carbocycles. The number of carbonyl (C=O) groups excluding carboxylic acids is 1. The smallest absolute Gasteiger partial charge is 0.272 e. The number of nitrogens with zero attached hydrogens (tertiary/aromatic N) is 7. The molecule has 1 saturated heterocycles. The summed E-state index contributed by atoms with van der Waals surface area (Å²) >= 11 is 0. The Morgan fingerprint density at radius 3 is 2.95 bits per heavy atom. The van der Waals surface area contributed by atoms with E-state index < -0.39 is 0 Å². The third-order valence-corrected chi connectivity index (χ3v) is 6.92. The number of anilines is 1. The molecule has 1 amide bonds. The minimum absolute atomic E-state index is 0.0857. The van der Waals surface area contributed by atoms with Crippen molar-refractivity contribution in [3.8, 4) is 28.4 Å². The van der Waals surface area contributed by atoms with Gasteiger partial charge in [0.1, 0.15) is 23.8 Å². The van der Waals surface area contributed by atoms with E-state index in [1.54, 1.807) is 34.9 Å². The van der Waals surface area contributed by atoms with Crippen molar-refractivity contribution in [3.05, 3.63) is 54.7 Å². The second kappa shape index (κ2) is 8.70. The van der Waals surface area contributed by atoms with Gasteiger partial charge in [0, 0.05) is 50.4 Å². The average molecular weight is 512 g/mol. The standard InChI is InChI=1S/C26H25N9O3/c1-33-13-15(14-33)31-26(36)24-17-11-29-18(16-12-30-34-6-3-4-28-25(16)34)8-20(17)35(32-24)21-10-22-19(9-23(21)37-2)27-5-7-38-22/h3-4,6,8-12,15,27H,5,7,13-14H2,1-2H3,(H,31,36). The van der Waals surface area contributed by atoms with E-state index >= 15 is 0 Å². The number of rotatable bonds is 5. The quantitative estimate of drug-likeness (QED) is 0.365. The fraction of sp³-hybridized carbons (Fsp3) is 0.269. The summed E-state index contributed by atoms with van der Waals surface area (Å²) in [5, 5.41) is 16.2. The molecule has 2 N–H and O–H groups in total. The molecule has 0 bridgehead atoms. The predicted molar refractivity (Wildman–Crippen MR) is 140 cm³/mol. The molecule has 7 rings (SSSR count). The van der Waals surface area contributed by atoms with Crippen molar-refractivity contribution in [3.63, 3.8) is 0 Å². The minimum atomic E-state index is -0.242. The first-order valence-corrected chi connectivity index (χ1v) is 12.3. The zero-order valence-corrected chi connectivity index (χ0v) is 20.9. The van der Waals surface area contributed by atoms with Crippen LogP contribution in [0.1, 0.15) is 10.5 Å². The number of aromatic nitrogens is 6. The fourth-order valence-electron chi connectivity index (χ4n) is 5.04. The van der Waals surface area contributed by atoms with Crippen LogP contribution in [0.4, 0.5) is 5.69 Å². The van der Waals surface area contributed by atoms with Gasteiger partial charge in [-0.3, -0.25) is 9.78 Å². The van der Waals surface area contributed by atoms with Crippen molar-refractivity contribution in [2.75, 3.05) is 45.7 Å². The maximum atomic E-state index is 13.4. The Morgan fingerprint density at radius 1 is 1.21 bits per heavy atom. The van der Waals surface area contributed by atoms with Crippen LogP contribution in [-0.2, 0) is 0 Å². The molecular formula is C26H25N9O3. The van der Waals surface area contributed by atoms with Crippen LogP contribution in [0.5, 0.6) is 11.5 Å². The van der Waals surface area contributed by atoms with Gasteiger partial charge in [-0.25, -0.2) is 14.2 Å². The Balaban J connectivity index is 1.41. The number of pyridine rings is 1. The van der Waals surface area contributed by atoms with Crippen molar-refractivity contribution in [1.29, 1.82) is 0 Å². The summed E-state index contributed by atoms with van der Waals surface area (Å²) in [6, 6.07) is 7.58. The first-order valence-electron chi connectivity index (χ1n) is 12.3. The number of benzene rings is 1. The number of methoxy groups -OCH3 is 1. The molecule has 2 aliphatic heterocycles. The number of carbonyl (C=O) groups is 1. The zero-order valence-electron chi connectivity index (χ0n) is 20.9. The van der Waals surface area contributed by atoms with E-state index in [2.05, 4.69) is 30.6 Å². The fourth-order valence-corrected chi connectivity index (χ4v) is 5.04. The second-order valence-electron chi connectivity index (χ2n) is 9.48. The summed E-state index contributed by atoms with van der Waals surface area (Å²) in [7, 11) is 3.63. The van der Waals surface area contributed by atoms with Crippen molar-refractivity contribution in [1.82, 2.24) is 39.6 Å². The number of ether oxygens (including phenoxy) is 2. The summed E-state index contributed by atoms with van der Waals surface area (Å²) in [5.74, 6) is 1.05. The van der Waals surface area contributed by atoms with E-state index in [0.29, 0.717) is 58.3 Å². The lowest BCUT2D eigenvalue weighted by molar-refractivity contribution is 0.0854. The molecule has 0 atom stereocenters. The van der Waals surface area contributed by atoms with E-state index in [1.165, 1.54) is 0 Å². The lowest BCUT2D eigenvalue weighted by Crippen LogP contribution is -2.57. The van der Waals surface area contributed by atoms with E-state index in [9.17, 15) is 4.79 Å². The highest BCUT2D eigenvalue weighted by molar-refractivity contribution is 6.06. The molecule has 4 aromatic heterocycles. The third kappa shape index (κ3) is 3.60. The highest BCUT2D eigenvalue weighted by Gasteiger charge is 2.28. The number of likely N-dealkylation sites (N-methyl/N-ethyl adjacent to an activating group) is 1. The van der Waals surface area contributed by atoms with Gasteiger partial charge >= 0.3 is 0 Å². The number of nitrogens with one attached hydrogen (secondary N) is 2. The molecule has 2 aliphatic rings. The van der Waals surface area contributed by atoms with Gasteiger partial charge in [-0.2, -0.15) is 10.2 Å². The first-order chi connectivity index (χ1) is 18.6. The molecule has 0 radical (unpaired) electrons. The Kier molecular flexibility index (Phi) is 5.15. The number of amides is 1. The van der Waals surface area contributed by atoms with Gasteiger partial charge in [0.15, 0.2) is 11.3 Å². The van der Waals surface area contributed by atoms with Gasteiger partial charge < -0.3 is 25.0 Å². The van der Waals surface area contributed by atoms with Crippen LogP contribution in [0.2, 0.25) is 0 Å². The zero-order chi connectivity index (χ0) is 25.8. The monoisotopic (exact) mass is 511 g/mol. The Bertz CT molecular complexity index is 1700. The van der Waals surface area contributed by atoms with Crippen molar-refractivity contribution >= 4 is 28.1 Å². The summed E-state index contributed by atoms with van der Waals surface area (Å²) in [4.78, 5) is 24.7.